The summed E-state index contributed by atoms with van der Waals surface area (Å²) in [5.74, 6) is -0.808. The van der Waals surface area contributed by atoms with Crippen molar-refractivity contribution in [3.05, 3.63) is 89.2 Å². The van der Waals surface area contributed by atoms with Crippen molar-refractivity contribution in [2.45, 2.75) is 45.2 Å². The van der Waals surface area contributed by atoms with Crippen molar-refractivity contribution in [1.29, 1.82) is 0 Å². The molecule has 2 heterocycles. The van der Waals surface area contributed by atoms with E-state index in [1.54, 1.807) is 6.20 Å². The molecular weight excluding hydrogens is 400 g/mol. The number of likely N-dealkylation sites (tertiary alicyclic amines) is 1. The normalized spacial score (nSPS) is 16.6. The number of hydrogen-bond donors (Lipinski definition) is 1. The van der Waals surface area contributed by atoms with E-state index in [9.17, 15) is 14.7 Å². The molecule has 164 valence electrons. The first-order valence-electron chi connectivity index (χ1n) is 11.1. The highest BCUT2D eigenvalue weighted by atomic mass is 16.4. The van der Waals surface area contributed by atoms with Crippen LogP contribution in [-0.4, -0.2) is 39.3 Å². The first-order valence-corrected chi connectivity index (χ1v) is 11.1. The fraction of sp³-hybridized carbons (Fsp3) is 0.296. The monoisotopic (exact) mass is 428 g/mol. The molecule has 3 aromatic rings. The number of hydrogen-bond acceptors (Lipinski definition) is 4. The van der Waals surface area contributed by atoms with E-state index in [0.29, 0.717) is 18.7 Å². The molecule has 4 rings (SSSR count). The molecule has 32 heavy (non-hydrogen) atoms. The second kappa shape index (κ2) is 9.88. The van der Waals surface area contributed by atoms with Gasteiger partial charge in [0.05, 0.1) is 0 Å². The third-order valence-corrected chi connectivity index (χ3v) is 6.28. The van der Waals surface area contributed by atoms with Gasteiger partial charge in [-0.15, -0.1) is 0 Å². The molecule has 1 N–H and O–H groups in total. The van der Waals surface area contributed by atoms with Crippen molar-refractivity contribution < 1.29 is 14.7 Å². The minimum Gasteiger partial charge on any atom is -0.480 e. The van der Waals surface area contributed by atoms with Crippen molar-refractivity contribution in [3.63, 3.8) is 0 Å². The quantitative estimate of drug-likeness (QED) is 0.541. The van der Waals surface area contributed by atoms with Gasteiger partial charge < -0.3 is 5.11 Å². The Bertz CT molecular complexity index is 1110. The molecule has 1 aliphatic heterocycles. The predicted octanol–water partition coefficient (Wildman–Crippen LogP) is 4.92. The van der Waals surface area contributed by atoms with Gasteiger partial charge in [0.2, 0.25) is 0 Å². The van der Waals surface area contributed by atoms with Crippen molar-refractivity contribution in [2.75, 3.05) is 6.54 Å². The third-order valence-electron chi connectivity index (χ3n) is 6.28. The summed E-state index contributed by atoms with van der Waals surface area (Å²) in [6.45, 7) is 3.33. The van der Waals surface area contributed by atoms with E-state index in [1.807, 2.05) is 47.4 Å². The first-order chi connectivity index (χ1) is 15.5. The number of carbonyl (C=O) groups is 2. The van der Waals surface area contributed by atoms with E-state index >= 15 is 0 Å². The molecule has 2 aromatic carbocycles. The smallest absolute Gasteiger partial charge is 0.320 e. The maximum Gasteiger partial charge on any atom is 0.320 e. The maximum atomic E-state index is 13.1. The highest BCUT2D eigenvalue weighted by Gasteiger charge is 2.28. The van der Waals surface area contributed by atoms with Crippen LogP contribution in [0.1, 0.15) is 46.4 Å². The molecular formula is C27H28N2O3. The van der Waals surface area contributed by atoms with Crippen LogP contribution in [0.15, 0.2) is 66.9 Å². The van der Waals surface area contributed by atoms with Gasteiger partial charge in [0.1, 0.15) is 11.7 Å². The standard InChI is InChI=1S/C27H28N2O3/c1-19-22(10-7-11-23(19)21-8-3-2-4-9-21)17-26(30)24-16-20(13-14-28-24)18-29-15-6-5-12-25(29)27(31)32/h2-4,7-11,13-14,16,25H,5-6,12,15,17-18H2,1H3,(H,31,32)/t25-/m0/s1. The highest BCUT2D eigenvalue weighted by Crippen LogP contribution is 2.26. The summed E-state index contributed by atoms with van der Waals surface area (Å²) in [6.07, 6.45) is 4.54. The zero-order valence-corrected chi connectivity index (χ0v) is 18.3. The van der Waals surface area contributed by atoms with Gasteiger partial charge in [-0.1, -0.05) is 55.0 Å². The van der Waals surface area contributed by atoms with Crippen LogP contribution in [0.5, 0.6) is 0 Å². The number of carbonyl (C=O) groups excluding carboxylic acids is 1. The Morgan fingerprint density at radius 2 is 1.88 bits per heavy atom. The minimum atomic E-state index is -0.774. The molecule has 0 spiro atoms. The Hall–Kier alpha value is -3.31. The fourth-order valence-electron chi connectivity index (χ4n) is 4.49. The molecule has 0 aliphatic carbocycles. The summed E-state index contributed by atoms with van der Waals surface area (Å²) in [7, 11) is 0. The van der Waals surface area contributed by atoms with Gasteiger partial charge >= 0.3 is 5.97 Å². The lowest BCUT2D eigenvalue weighted by molar-refractivity contribution is -0.144. The van der Waals surface area contributed by atoms with Gasteiger partial charge in [0.15, 0.2) is 5.78 Å². The van der Waals surface area contributed by atoms with Crippen molar-refractivity contribution in [1.82, 2.24) is 9.88 Å². The Kier molecular flexibility index (Phi) is 6.76. The molecule has 1 saturated heterocycles. The molecule has 5 nitrogen and oxygen atoms in total. The van der Waals surface area contributed by atoms with Gasteiger partial charge in [-0.3, -0.25) is 19.5 Å². The van der Waals surface area contributed by atoms with E-state index in [0.717, 1.165) is 47.2 Å². The third kappa shape index (κ3) is 4.94. The molecule has 0 saturated carbocycles. The van der Waals surface area contributed by atoms with Crippen molar-refractivity contribution in [3.8, 4) is 11.1 Å². The van der Waals surface area contributed by atoms with E-state index in [4.69, 9.17) is 0 Å². The van der Waals surface area contributed by atoms with E-state index in [2.05, 4.69) is 30.1 Å². The summed E-state index contributed by atoms with van der Waals surface area (Å²) in [5, 5.41) is 9.52. The van der Waals surface area contributed by atoms with Crippen LogP contribution in [0.4, 0.5) is 0 Å². The van der Waals surface area contributed by atoms with Gasteiger partial charge in [-0.2, -0.15) is 0 Å². The number of pyridine rings is 1. The average Bonchev–Trinajstić information content (AvgIpc) is 2.81. The summed E-state index contributed by atoms with van der Waals surface area (Å²) in [4.78, 5) is 30.9. The number of aromatic nitrogens is 1. The van der Waals surface area contributed by atoms with Crippen LogP contribution in [0.25, 0.3) is 11.1 Å². The van der Waals surface area contributed by atoms with Crippen LogP contribution in [0.3, 0.4) is 0 Å². The molecule has 0 amide bonds. The number of Topliss-reactive ketones (excluding diaryl/α,β-unsaturated/α-hetero) is 1. The second-order valence-corrected chi connectivity index (χ2v) is 8.43. The first kappa shape index (κ1) is 21.9. The van der Waals surface area contributed by atoms with Crippen molar-refractivity contribution >= 4 is 11.8 Å². The maximum absolute atomic E-state index is 13.1. The number of benzene rings is 2. The lowest BCUT2D eigenvalue weighted by atomic mass is 9.93. The van der Waals surface area contributed by atoms with Crippen LogP contribution in [0.2, 0.25) is 0 Å². The summed E-state index contributed by atoms with van der Waals surface area (Å²) >= 11 is 0. The van der Waals surface area contributed by atoms with Gasteiger partial charge in [-0.05, 0) is 66.3 Å². The lowest BCUT2D eigenvalue weighted by Crippen LogP contribution is -2.44. The molecule has 1 fully saturated rings. The van der Waals surface area contributed by atoms with Crippen molar-refractivity contribution in [2.24, 2.45) is 0 Å². The number of ketones is 1. The number of aliphatic carboxylic acids is 1. The Labute approximate surface area is 188 Å². The van der Waals surface area contributed by atoms with Crippen LogP contribution in [-0.2, 0) is 17.8 Å². The summed E-state index contributed by atoms with van der Waals surface area (Å²) < 4.78 is 0. The van der Waals surface area contributed by atoms with Gasteiger partial charge in [-0.25, -0.2) is 0 Å². The van der Waals surface area contributed by atoms with Crippen LogP contribution in [0, 0.1) is 6.92 Å². The van der Waals surface area contributed by atoms with Gasteiger partial charge in [0, 0.05) is 19.2 Å². The molecule has 1 aliphatic rings. The van der Waals surface area contributed by atoms with E-state index < -0.39 is 12.0 Å². The van der Waals surface area contributed by atoms with E-state index in [1.165, 1.54) is 0 Å². The molecule has 0 unspecified atom stereocenters. The SMILES string of the molecule is Cc1c(CC(=O)c2cc(CN3CCCC[C@H]3C(=O)O)ccn2)cccc1-c1ccccc1. The number of piperidine rings is 1. The van der Waals surface area contributed by atoms with E-state index in [-0.39, 0.29) is 12.2 Å². The topological polar surface area (TPSA) is 70.5 Å². The molecule has 0 radical (unpaired) electrons. The predicted molar refractivity (Wildman–Crippen MR) is 125 cm³/mol. The minimum absolute atomic E-state index is 0.0337. The zero-order valence-electron chi connectivity index (χ0n) is 18.3. The zero-order chi connectivity index (χ0) is 22.5. The second-order valence-electron chi connectivity index (χ2n) is 8.43. The Balaban J connectivity index is 1.51. The highest BCUT2D eigenvalue weighted by molar-refractivity contribution is 5.96. The Morgan fingerprint density at radius 3 is 2.66 bits per heavy atom. The Morgan fingerprint density at radius 1 is 1.06 bits per heavy atom. The molecule has 1 aromatic heterocycles. The van der Waals surface area contributed by atoms with Crippen LogP contribution < -0.4 is 0 Å². The fourth-order valence-corrected chi connectivity index (χ4v) is 4.49. The van der Waals surface area contributed by atoms with Crippen LogP contribution >= 0.6 is 0 Å². The number of carboxylic acid groups (broad SMARTS) is 1. The number of nitrogens with zero attached hydrogens (tertiary/aromatic N) is 2. The van der Waals surface area contributed by atoms with Gasteiger partial charge in [0.25, 0.3) is 0 Å². The average molecular weight is 429 g/mol. The number of carboxylic acids is 1. The lowest BCUT2D eigenvalue weighted by Gasteiger charge is -2.32. The number of rotatable bonds is 7. The molecule has 5 heteroatoms. The largest absolute Gasteiger partial charge is 0.480 e. The summed E-state index contributed by atoms with van der Waals surface area (Å²) in [5.41, 5.74) is 5.70. The molecule has 1 atom stereocenters. The summed E-state index contributed by atoms with van der Waals surface area (Å²) in [6, 6.07) is 19.4. The molecule has 0 bridgehead atoms.